The average molecular weight is 268 g/mol. The van der Waals surface area contributed by atoms with Crippen molar-refractivity contribution in [2.75, 3.05) is 6.61 Å². The van der Waals surface area contributed by atoms with E-state index in [0.29, 0.717) is 6.42 Å². The summed E-state index contributed by atoms with van der Waals surface area (Å²) in [7, 11) is -4.20. The number of unbranched alkanes of at least 4 members (excludes halogenated alkanes) is 6. The summed E-state index contributed by atoms with van der Waals surface area (Å²) in [5.41, 5.74) is 0. The third-order valence-electron chi connectivity index (χ3n) is 2.19. The molecular formula is C12H28O4S. The molecular weight excluding hydrogens is 240 g/mol. The lowest BCUT2D eigenvalue weighted by Gasteiger charge is -1.96. The molecule has 0 radical (unpaired) electrons. The van der Waals surface area contributed by atoms with Crippen molar-refractivity contribution in [2.45, 2.75) is 72.1 Å². The highest BCUT2D eigenvalue weighted by atomic mass is 32.3. The second kappa shape index (κ2) is 13.9. The fourth-order valence-electron chi connectivity index (χ4n) is 1.19. The molecule has 1 N–H and O–H groups in total. The molecule has 4 nitrogen and oxygen atoms in total. The molecule has 0 bridgehead atoms. The van der Waals surface area contributed by atoms with Gasteiger partial charge in [-0.15, -0.1) is 0 Å². The van der Waals surface area contributed by atoms with Crippen LogP contribution < -0.4 is 0 Å². The van der Waals surface area contributed by atoms with Crippen molar-refractivity contribution in [1.82, 2.24) is 0 Å². The highest BCUT2D eigenvalue weighted by Gasteiger charge is 2.01. The zero-order valence-electron chi connectivity index (χ0n) is 11.4. The van der Waals surface area contributed by atoms with Crippen LogP contribution in [0.2, 0.25) is 0 Å². The van der Waals surface area contributed by atoms with Gasteiger partial charge in [-0.25, -0.2) is 4.18 Å². The molecule has 0 aromatic carbocycles. The first kappa shape index (κ1) is 19.2. The number of hydrogen-bond donors (Lipinski definition) is 1. The van der Waals surface area contributed by atoms with Crippen LogP contribution in [0.25, 0.3) is 0 Å². The summed E-state index contributed by atoms with van der Waals surface area (Å²) < 4.78 is 32.0. The van der Waals surface area contributed by atoms with Crippen molar-refractivity contribution in [1.29, 1.82) is 0 Å². The Labute approximate surface area is 107 Å². The third kappa shape index (κ3) is 25.8. The first-order valence-corrected chi connectivity index (χ1v) is 7.96. The summed E-state index contributed by atoms with van der Waals surface area (Å²) in [6.07, 6.45) is 9.58. The van der Waals surface area contributed by atoms with E-state index < -0.39 is 10.4 Å². The Bertz CT molecular complexity index is 221. The Morgan fingerprint density at radius 2 is 1.24 bits per heavy atom. The zero-order valence-corrected chi connectivity index (χ0v) is 12.3. The highest BCUT2D eigenvalue weighted by molar-refractivity contribution is 7.80. The molecule has 0 spiro atoms. The lowest BCUT2D eigenvalue weighted by atomic mass is 10.2. The van der Waals surface area contributed by atoms with Crippen LogP contribution >= 0.6 is 0 Å². The predicted octanol–water partition coefficient (Wildman–Crippen LogP) is 3.97. The van der Waals surface area contributed by atoms with Crippen molar-refractivity contribution in [3.8, 4) is 0 Å². The van der Waals surface area contributed by atoms with Gasteiger partial charge in [0, 0.05) is 0 Å². The maximum Gasteiger partial charge on any atom is 0.397 e. The van der Waals surface area contributed by atoms with Gasteiger partial charge in [0.1, 0.15) is 0 Å². The van der Waals surface area contributed by atoms with Crippen LogP contribution in [0.15, 0.2) is 0 Å². The van der Waals surface area contributed by atoms with Crippen LogP contribution in [0.3, 0.4) is 0 Å². The minimum Gasteiger partial charge on any atom is -0.264 e. The zero-order chi connectivity index (χ0) is 13.6. The maximum absolute atomic E-state index is 9.93. The Morgan fingerprint density at radius 3 is 1.59 bits per heavy atom. The highest BCUT2D eigenvalue weighted by Crippen LogP contribution is 2.00. The molecule has 0 saturated carbocycles. The Morgan fingerprint density at radius 1 is 0.824 bits per heavy atom. The van der Waals surface area contributed by atoms with Crippen molar-refractivity contribution in [3.05, 3.63) is 0 Å². The molecule has 0 aliphatic carbocycles. The van der Waals surface area contributed by atoms with E-state index in [2.05, 4.69) is 18.0 Å². The minimum atomic E-state index is -4.20. The van der Waals surface area contributed by atoms with E-state index >= 15 is 0 Å². The molecule has 106 valence electrons. The van der Waals surface area contributed by atoms with Gasteiger partial charge in [0.05, 0.1) is 6.61 Å². The molecule has 0 aromatic heterocycles. The lowest BCUT2D eigenvalue weighted by Crippen LogP contribution is -2.04. The van der Waals surface area contributed by atoms with Gasteiger partial charge >= 0.3 is 10.4 Å². The molecule has 5 heteroatoms. The normalized spacial score (nSPS) is 10.8. The minimum absolute atomic E-state index is 0.0761. The Hall–Kier alpha value is -0.130. The number of hydrogen-bond acceptors (Lipinski definition) is 3. The van der Waals surface area contributed by atoms with Crippen LogP contribution in [0.5, 0.6) is 0 Å². The molecule has 0 aromatic rings. The SMILES string of the molecule is CCCCCCC.CCCCCOS(=O)(=O)O. The average Bonchev–Trinajstić information content (AvgIpc) is 2.25. The Balaban J connectivity index is 0. The van der Waals surface area contributed by atoms with Crippen LogP contribution in [-0.2, 0) is 14.6 Å². The maximum atomic E-state index is 9.93. The molecule has 0 saturated heterocycles. The van der Waals surface area contributed by atoms with Crippen LogP contribution in [0.1, 0.15) is 72.1 Å². The van der Waals surface area contributed by atoms with Crippen LogP contribution in [-0.4, -0.2) is 19.6 Å². The van der Waals surface area contributed by atoms with Crippen LogP contribution in [0, 0.1) is 0 Å². The summed E-state index contributed by atoms with van der Waals surface area (Å²) in [6.45, 7) is 6.56. The molecule has 0 rings (SSSR count). The first-order chi connectivity index (χ1) is 7.97. The van der Waals surface area contributed by atoms with Gasteiger partial charge in [-0.05, 0) is 6.42 Å². The molecule has 0 unspecified atom stereocenters. The van der Waals surface area contributed by atoms with Gasteiger partial charge in [-0.3, -0.25) is 4.55 Å². The third-order valence-corrected chi connectivity index (χ3v) is 2.65. The monoisotopic (exact) mass is 268 g/mol. The predicted molar refractivity (Wildman–Crippen MR) is 71.5 cm³/mol. The second-order valence-corrected chi connectivity index (χ2v) is 5.11. The second-order valence-electron chi connectivity index (χ2n) is 4.02. The largest absolute Gasteiger partial charge is 0.397 e. The van der Waals surface area contributed by atoms with E-state index in [4.69, 9.17) is 4.55 Å². The Kier molecular flexibility index (Phi) is 15.7. The van der Waals surface area contributed by atoms with Gasteiger partial charge in [0.15, 0.2) is 0 Å². The number of rotatable bonds is 9. The van der Waals surface area contributed by atoms with Crippen LogP contribution in [0.4, 0.5) is 0 Å². The first-order valence-electron chi connectivity index (χ1n) is 6.59. The van der Waals surface area contributed by atoms with Gasteiger partial charge < -0.3 is 0 Å². The molecule has 0 aliphatic heterocycles. The standard InChI is InChI=1S/C7H16.C5H12O4S/c1-3-5-7-6-4-2;1-2-3-4-5-9-10(6,7)8/h3-7H2,1-2H3;2-5H2,1H3,(H,6,7,8). The molecule has 0 atom stereocenters. The summed E-state index contributed by atoms with van der Waals surface area (Å²) in [5.74, 6) is 0. The molecule has 17 heavy (non-hydrogen) atoms. The lowest BCUT2D eigenvalue weighted by molar-refractivity contribution is 0.262. The summed E-state index contributed by atoms with van der Waals surface area (Å²) in [6, 6.07) is 0. The molecule has 0 heterocycles. The van der Waals surface area contributed by atoms with E-state index in [0.717, 1.165) is 12.8 Å². The summed E-state index contributed by atoms with van der Waals surface area (Å²) in [5, 5.41) is 0. The van der Waals surface area contributed by atoms with E-state index in [1.165, 1.54) is 32.1 Å². The molecule has 0 aliphatic rings. The van der Waals surface area contributed by atoms with Gasteiger partial charge in [-0.1, -0.05) is 65.7 Å². The van der Waals surface area contributed by atoms with E-state index in [-0.39, 0.29) is 6.61 Å². The van der Waals surface area contributed by atoms with E-state index in [1.807, 2.05) is 6.92 Å². The summed E-state index contributed by atoms with van der Waals surface area (Å²) >= 11 is 0. The van der Waals surface area contributed by atoms with Gasteiger partial charge in [0.25, 0.3) is 0 Å². The molecule has 0 amide bonds. The van der Waals surface area contributed by atoms with E-state index in [1.54, 1.807) is 0 Å². The van der Waals surface area contributed by atoms with Gasteiger partial charge in [-0.2, -0.15) is 8.42 Å². The van der Waals surface area contributed by atoms with Crippen molar-refractivity contribution in [2.24, 2.45) is 0 Å². The van der Waals surface area contributed by atoms with Crippen molar-refractivity contribution < 1.29 is 17.2 Å². The quantitative estimate of drug-likeness (QED) is 0.507. The van der Waals surface area contributed by atoms with Crippen molar-refractivity contribution in [3.63, 3.8) is 0 Å². The topological polar surface area (TPSA) is 63.6 Å². The van der Waals surface area contributed by atoms with E-state index in [9.17, 15) is 8.42 Å². The van der Waals surface area contributed by atoms with Crippen molar-refractivity contribution >= 4 is 10.4 Å². The smallest absolute Gasteiger partial charge is 0.264 e. The summed E-state index contributed by atoms with van der Waals surface area (Å²) in [4.78, 5) is 0. The fourth-order valence-corrected chi connectivity index (χ4v) is 1.52. The fraction of sp³-hybridized carbons (Fsp3) is 1.00. The molecule has 0 fully saturated rings. The van der Waals surface area contributed by atoms with Gasteiger partial charge in [0.2, 0.25) is 0 Å².